The van der Waals surface area contributed by atoms with Gasteiger partial charge >= 0.3 is 5.97 Å². The molecule has 3 heteroatoms. The molecule has 2 aromatic carbocycles. The smallest absolute Gasteiger partial charge is 0.320 e. The van der Waals surface area contributed by atoms with Crippen LogP contribution in [0.4, 0.5) is 0 Å². The summed E-state index contributed by atoms with van der Waals surface area (Å²) in [4.78, 5) is 11.6. The largest absolute Gasteiger partial charge is 0.460 e. The first-order valence-electron chi connectivity index (χ1n) is 6.64. The number of esters is 1. The van der Waals surface area contributed by atoms with Gasteiger partial charge in [0.25, 0.3) is 0 Å². The average Bonchev–Trinajstić information content (AvgIpc) is 2.52. The van der Waals surface area contributed by atoms with E-state index >= 15 is 0 Å². The molecule has 0 saturated carbocycles. The minimum absolute atomic E-state index is 0.204. The molecule has 0 aliphatic carbocycles. The van der Waals surface area contributed by atoms with Crippen molar-refractivity contribution in [2.24, 2.45) is 0 Å². The van der Waals surface area contributed by atoms with E-state index in [1.807, 2.05) is 48.5 Å². The quantitative estimate of drug-likeness (QED) is 0.587. The number of carbonyl (C=O) groups excluding carboxylic acids is 1. The molecule has 0 aliphatic heterocycles. The summed E-state index contributed by atoms with van der Waals surface area (Å²) in [6.07, 6.45) is 1.59. The second-order valence-electron chi connectivity index (χ2n) is 4.59. The van der Waals surface area contributed by atoms with Crippen molar-refractivity contribution in [2.75, 3.05) is 0 Å². The van der Waals surface area contributed by atoms with E-state index in [1.54, 1.807) is 0 Å². The summed E-state index contributed by atoms with van der Waals surface area (Å²) >= 11 is 3.40. The molecule has 2 nitrogen and oxygen atoms in total. The first kappa shape index (κ1) is 14.8. The molecule has 0 spiro atoms. The van der Waals surface area contributed by atoms with Gasteiger partial charge in [-0.2, -0.15) is 0 Å². The fourth-order valence-electron chi connectivity index (χ4n) is 1.88. The van der Waals surface area contributed by atoms with Crippen molar-refractivity contribution in [3.05, 3.63) is 71.8 Å². The Morgan fingerprint density at radius 3 is 2.10 bits per heavy atom. The molecule has 0 amide bonds. The van der Waals surface area contributed by atoms with Gasteiger partial charge in [0.2, 0.25) is 0 Å². The van der Waals surface area contributed by atoms with Crippen LogP contribution < -0.4 is 0 Å². The summed E-state index contributed by atoms with van der Waals surface area (Å²) in [5.74, 6) is -0.204. The van der Waals surface area contributed by atoms with Crippen molar-refractivity contribution in [1.29, 1.82) is 0 Å². The number of alkyl halides is 1. The van der Waals surface area contributed by atoms with Crippen LogP contribution in [0.1, 0.15) is 17.5 Å². The lowest BCUT2D eigenvalue weighted by molar-refractivity contribution is -0.144. The highest BCUT2D eigenvalue weighted by atomic mass is 79.9. The van der Waals surface area contributed by atoms with Crippen molar-refractivity contribution in [2.45, 2.75) is 24.3 Å². The molecule has 1 atom stereocenters. The van der Waals surface area contributed by atoms with Gasteiger partial charge in [0.1, 0.15) is 11.4 Å². The van der Waals surface area contributed by atoms with Crippen LogP contribution in [0, 0.1) is 0 Å². The second-order valence-corrected chi connectivity index (χ2v) is 5.69. The monoisotopic (exact) mass is 332 g/mol. The van der Waals surface area contributed by atoms with E-state index in [0.717, 1.165) is 18.4 Å². The van der Waals surface area contributed by atoms with E-state index in [1.165, 1.54) is 5.56 Å². The van der Waals surface area contributed by atoms with Gasteiger partial charge in [-0.3, -0.25) is 4.79 Å². The van der Waals surface area contributed by atoms with E-state index in [0.29, 0.717) is 6.61 Å². The van der Waals surface area contributed by atoms with Crippen molar-refractivity contribution < 1.29 is 9.53 Å². The maximum Gasteiger partial charge on any atom is 0.320 e. The highest BCUT2D eigenvalue weighted by Crippen LogP contribution is 2.13. The van der Waals surface area contributed by atoms with E-state index in [2.05, 4.69) is 28.1 Å². The van der Waals surface area contributed by atoms with Crippen LogP contribution in [0.2, 0.25) is 0 Å². The zero-order valence-electron chi connectivity index (χ0n) is 11.2. The highest BCUT2D eigenvalue weighted by molar-refractivity contribution is 9.10. The van der Waals surface area contributed by atoms with E-state index < -0.39 is 0 Å². The number of rotatable bonds is 6. The van der Waals surface area contributed by atoms with Crippen LogP contribution in [-0.2, 0) is 22.6 Å². The molecule has 0 fully saturated rings. The summed E-state index contributed by atoms with van der Waals surface area (Å²) in [5.41, 5.74) is 2.23. The Balaban J connectivity index is 1.75. The van der Waals surface area contributed by atoms with Gasteiger partial charge in [-0.1, -0.05) is 76.6 Å². The maximum absolute atomic E-state index is 11.9. The van der Waals surface area contributed by atoms with Gasteiger partial charge in [0, 0.05) is 0 Å². The summed E-state index contributed by atoms with van der Waals surface area (Å²) in [7, 11) is 0. The van der Waals surface area contributed by atoms with Crippen LogP contribution in [-0.4, -0.2) is 10.8 Å². The van der Waals surface area contributed by atoms with Crippen molar-refractivity contribution >= 4 is 21.9 Å². The molecule has 0 N–H and O–H groups in total. The Kier molecular flexibility index (Phi) is 5.81. The average molecular weight is 333 g/mol. The van der Waals surface area contributed by atoms with Crippen molar-refractivity contribution in [3.63, 3.8) is 0 Å². The molecule has 0 aliphatic rings. The van der Waals surface area contributed by atoms with E-state index in [9.17, 15) is 4.79 Å². The molecule has 2 aromatic rings. The minimum atomic E-state index is -0.258. The van der Waals surface area contributed by atoms with Crippen molar-refractivity contribution in [1.82, 2.24) is 0 Å². The SMILES string of the molecule is O=C(OCc1ccccc1)C(Br)CCc1ccccc1. The predicted molar refractivity (Wildman–Crippen MR) is 83.7 cm³/mol. The lowest BCUT2D eigenvalue weighted by Crippen LogP contribution is -2.18. The van der Waals surface area contributed by atoms with Crippen LogP contribution in [0.3, 0.4) is 0 Å². The first-order chi connectivity index (χ1) is 9.75. The summed E-state index contributed by atoms with van der Waals surface area (Å²) < 4.78 is 5.29. The van der Waals surface area contributed by atoms with E-state index in [-0.39, 0.29) is 10.8 Å². The number of hydrogen-bond acceptors (Lipinski definition) is 2. The fourth-order valence-corrected chi connectivity index (χ4v) is 2.24. The van der Waals surface area contributed by atoms with Gasteiger partial charge in [-0.25, -0.2) is 0 Å². The number of carbonyl (C=O) groups is 1. The normalized spacial score (nSPS) is 11.8. The number of halogens is 1. The lowest BCUT2D eigenvalue weighted by atomic mass is 10.1. The predicted octanol–water partition coefficient (Wildman–Crippen LogP) is 4.13. The van der Waals surface area contributed by atoms with Crippen LogP contribution in [0.5, 0.6) is 0 Å². The summed E-state index contributed by atoms with van der Waals surface area (Å²) in [6.45, 7) is 0.326. The Morgan fingerprint density at radius 2 is 1.50 bits per heavy atom. The maximum atomic E-state index is 11.9. The molecule has 2 rings (SSSR count). The van der Waals surface area contributed by atoms with Crippen molar-refractivity contribution in [3.8, 4) is 0 Å². The third-order valence-corrected chi connectivity index (χ3v) is 3.84. The lowest BCUT2D eigenvalue weighted by Gasteiger charge is -2.10. The molecule has 1 unspecified atom stereocenters. The molecular formula is C17H17BrO2. The Hall–Kier alpha value is -1.61. The van der Waals surface area contributed by atoms with Gasteiger partial charge in [0.15, 0.2) is 0 Å². The van der Waals surface area contributed by atoms with Crippen LogP contribution in [0.25, 0.3) is 0 Å². The molecule has 20 heavy (non-hydrogen) atoms. The standard InChI is InChI=1S/C17H17BrO2/c18-16(12-11-14-7-3-1-4-8-14)17(19)20-13-15-9-5-2-6-10-15/h1-10,16H,11-13H2. The molecular weight excluding hydrogens is 316 g/mol. The zero-order valence-corrected chi connectivity index (χ0v) is 12.8. The number of ether oxygens (including phenoxy) is 1. The molecule has 0 bridgehead atoms. The number of hydrogen-bond donors (Lipinski definition) is 0. The third-order valence-electron chi connectivity index (χ3n) is 3.01. The van der Waals surface area contributed by atoms with Gasteiger partial charge in [0.05, 0.1) is 0 Å². The van der Waals surface area contributed by atoms with Crippen LogP contribution in [0.15, 0.2) is 60.7 Å². The fraction of sp³-hybridized carbons (Fsp3) is 0.235. The summed E-state index contributed by atoms with van der Waals surface area (Å²) in [5, 5.41) is 0. The van der Waals surface area contributed by atoms with Gasteiger partial charge < -0.3 is 4.74 Å². The Bertz CT molecular complexity index is 525. The topological polar surface area (TPSA) is 26.3 Å². The summed E-state index contributed by atoms with van der Waals surface area (Å²) in [6, 6.07) is 19.8. The number of aryl methyl sites for hydroxylation is 1. The molecule has 0 aromatic heterocycles. The Morgan fingerprint density at radius 1 is 0.950 bits per heavy atom. The highest BCUT2D eigenvalue weighted by Gasteiger charge is 2.16. The minimum Gasteiger partial charge on any atom is -0.460 e. The molecule has 0 saturated heterocycles. The van der Waals surface area contributed by atoms with Gasteiger partial charge in [-0.15, -0.1) is 0 Å². The Labute approximate surface area is 127 Å². The first-order valence-corrected chi connectivity index (χ1v) is 7.56. The molecule has 0 heterocycles. The third kappa shape index (κ3) is 4.82. The molecule has 104 valence electrons. The second kappa shape index (κ2) is 7.85. The zero-order chi connectivity index (χ0) is 14.2. The van der Waals surface area contributed by atoms with Gasteiger partial charge in [-0.05, 0) is 24.0 Å². The van der Waals surface area contributed by atoms with Crippen LogP contribution >= 0.6 is 15.9 Å². The molecule has 0 radical (unpaired) electrons. The number of benzene rings is 2. The van der Waals surface area contributed by atoms with E-state index in [4.69, 9.17) is 4.74 Å².